The Balaban J connectivity index is 0.984. The van der Waals surface area contributed by atoms with Crippen LogP contribution in [0.3, 0.4) is 0 Å². The fourth-order valence-corrected chi connectivity index (χ4v) is 5.57. The highest BCUT2D eigenvalue weighted by atomic mass is 32.1. The number of anilines is 1. The number of unbranched alkanes of at least 4 members (excludes halogenated alkanes) is 3. The lowest BCUT2D eigenvalue weighted by Gasteiger charge is -2.35. The van der Waals surface area contributed by atoms with Crippen molar-refractivity contribution in [1.82, 2.24) is 14.2 Å². The van der Waals surface area contributed by atoms with Crippen molar-refractivity contribution in [3.8, 4) is 0 Å². The molecule has 5 nitrogen and oxygen atoms in total. The fraction of sp³-hybridized carbons (Fsp3) is 0.440. The number of rotatable bonds is 8. The molecular weight excluding hydrogens is 404 g/mol. The Morgan fingerprint density at radius 3 is 2.42 bits per heavy atom. The largest absolute Gasteiger partial charge is 0.353 e. The van der Waals surface area contributed by atoms with E-state index in [9.17, 15) is 4.79 Å². The van der Waals surface area contributed by atoms with E-state index in [4.69, 9.17) is 4.37 Å². The predicted octanol–water partition coefficient (Wildman–Crippen LogP) is 4.63. The molecule has 2 aliphatic rings. The summed E-state index contributed by atoms with van der Waals surface area (Å²) in [5.74, 6) is 1.38. The molecule has 1 fully saturated rings. The van der Waals surface area contributed by atoms with Gasteiger partial charge in [-0.05, 0) is 54.7 Å². The number of carbonyl (C=O) groups excluding carboxylic acids is 1. The molecule has 0 unspecified atom stereocenters. The van der Waals surface area contributed by atoms with Gasteiger partial charge in [-0.15, -0.1) is 0 Å². The average molecular weight is 435 g/mol. The van der Waals surface area contributed by atoms with Crippen molar-refractivity contribution in [2.45, 2.75) is 32.2 Å². The average Bonchev–Trinajstić information content (AvgIpc) is 3.38. The number of fused-ring (bicyclic) bond motifs is 2. The first-order valence-corrected chi connectivity index (χ1v) is 12.3. The van der Waals surface area contributed by atoms with Crippen LogP contribution in [0.25, 0.3) is 10.1 Å². The van der Waals surface area contributed by atoms with Crippen molar-refractivity contribution in [1.29, 1.82) is 0 Å². The number of hydrogen-bond donors (Lipinski definition) is 0. The summed E-state index contributed by atoms with van der Waals surface area (Å²) in [7, 11) is 0. The summed E-state index contributed by atoms with van der Waals surface area (Å²) in [6.45, 7) is 7.20. The van der Waals surface area contributed by atoms with Crippen LogP contribution in [-0.4, -0.2) is 59.3 Å². The van der Waals surface area contributed by atoms with Crippen molar-refractivity contribution < 1.29 is 4.79 Å². The van der Waals surface area contributed by atoms with Gasteiger partial charge in [-0.3, -0.25) is 9.69 Å². The molecule has 0 aliphatic carbocycles. The van der Waals surface area contributed by atoms with Crippen molar-refractivity contribution in [3.05, 3.63) is 59.7 Å². The summed E-state index contributed by atoms with van der Waals surface area (Å²) in [6.07, 6.45) is 4.79. The van der Waals surface area contributed by atoms with Gasteiger partial charge in [-0.1, -0.05) is 43.2 Å². The summed E-state index contributed by atoms with van der Waals surface area (Å²) in [5, 5.41) is 1.29. The van der Waals surface area contributed by atoms with Crippen LogP contribution in [0.15, 0.2) is 48.5 Å². The summed E-state index contributed by atoms with van der Waals surface area (Å²) < 4.78 is 5.99. The molecule has 6 heteroatoms. The Morgan fingerprint density at radius 2 is 1.58 bits per heavy atom. The zero-order chi connectivity index (χ0) is 21.0. The van der Waals surface area contributed by atoms with Crippen molar-refractivity contribution in [3.63, 3.8) is 0 Å². The highest BCUT2D eigenvalue weighted by molar-refractivity contribution is 7.13. The van der Waals surface area contributed by atoms with Gasteiger partial charge in [-0.2, -0.15) is 4.37 Å². The summed E-state index contributed by atoms with van der Waals surface area (Å²) in [4.78, 5) is 19.5. The Morgan fingerprint density at radius 1 is 0.839 bits per heavy atom. The molecule has 0 spiro atoms. The van der Waals surface area contributed by atoms with Crippen LogP contribution >= 0.6 is 11.5 Å². The number of carbonyl (C=O) groups is 1. The van der Waals surface area contributed by atoms with E-state index in [1.165, 1.54) is 47.3 Å². The smallest absolute Gasteiger partial charge is 0.254 e. The minimum Gasteiger partial charge on any atom is -0.353 e. The van der Waals surface area contributed by atoms with E-state index in [-0.39, 0.29) is 5.91 Å². The van der Waals surface area contributed by atoms with E-state index < -0.39 is 0 Å². The summed E-state index contributed by atoms with van der Waals surface area (Å²) >= 11 is 1.61. The van der Waals surface area contributed by atoms with Gasteiger partial charge >= 0.3 is 0 Å². The molecule has 1 amide bonds. The molecule has 1 saturated heterocycles. The molecule has 0 radical (unpaired) electrons. The Hall–Kier alpha value is -2.44. The van der Waals surface area contributed by atoms with Gasteiger partial charge in [0, 0.05) is 50.2 Å². The lowest BCUT2D eigenvalue weighted by molar-refractivity contribution is 0.0775. The number of benzene rings is 2. The lowest BCUT2D eigenvalue weighted by Crippen LogP contribution is -2.46. The van der Waals surface area contributed by atoms with E-state index in [0.29, 0.717) is 0 Å². The van der Waals surface area contributed by atoms with E-state index in [0.717, 1.165) is 51.3 Å². The molecule has 5 rings (SSSR count). The van der Waals surface area contributed by atoms with E-state index in [1.807, 2.05) is 23.1 Å². The SMILES string of the molecule is O=C1c2ccccc2CN1CCCCCCN1CCN(c2nsc3ccccc23)CC1. The van der Waals surface area contributed by atoms with Crippen molar-refractivity contribution in [2.75, 3.05) is 44.2 Å². The molecule has 2 aromatic carbocycles. The topological polar surface area (TPSA) is 39.7 Å². The molecule has 0 N–H and O–H groups in total. The predicted molar refractivity (Wildman–Crippen MR) is 128 cm³/mol. The molecule has 3 heterocycles. The van der Waals surface area contributed by atoms with Crippen LogP contribution in [0.1, 0.15) is 41.6 Å². The van der Waals surface area contributed by atoms with Crippen LogP contribution in [0.5, 0.6) is 0 Å². The van der Waals surface area contributed by atoms with Crippen molar-refractivity contribution >= 4 is 33.3 Å². The zero-order valence-electron chi connectivity index (χ0n) is 18.0. The normalized spacial score (nSPS) is 17.0. The Labute approximate surface area is 188 Å². The molecule has 2 aliphatic heterocycles. The number of hydrogen-bond acceptors (Lipinski definition) is 5. The van der Waals surface area contributed by atoms with Gasteiger partial charge in [0.25, 0.3) is 5.91 Å². The Kier molecular flexibility index (Phi) is 6.18. The molecular formula is C25H30N4OS. The Bertz CT molecular complexity index is 1040. The molecule has 31 heavy (non-hydrogen) atoms. The molecule has 0 atom stereocenters. The maximum atomic E-state index is 12.4. The lowest BCUT2D eigenvalue weighted by atomic mass is 10.1. The van der Waals surface area contributed by atoms with E-state index in [2.05, 4.69) is 40.1 Å². The zero-order valence-corrected chi connectivity index (χ0v) is 18.8. The van der Waals surface area contributed by atoms with Crippen LogP contribution in [0.4, 0.5) is 5.82 Å². The number of aromatic nitrogens is 1. The van der Waals surface area contributed by atoms with Crippen LogP contribution in [0, 0.1) is 0 Å². The molecule has 0 bridgehead atoms. The van der Waals surface area contributed by atoms with Gasteiger partial charge < -0.3 is 9.80 Å². The highest BCUT2D eigenvalue weighted by Crippen LogP contribution is 2.30. The van der Waals surface area contributed by atoms with E-state index in [1.54, 1.807) is 11.5 Å². The second-order valence-corrected chi connectivity index (χ2v) is 9.43. The van der Waals surface area contributed by atoms with Gasteiger partial charge in [-0.25, -0.2) is 0 Å². The van der Waals surface area contributed by atoms with Gasteiger partial charge in [0.2, 0.25) is 0 Å². The molecule has 1 aromatic heterocycles. The minimum absolute atomic E-state index is 0.210. The van der Waals surface area contributed by atoms with Gasteiger partial charge in [0.1, 0.15) is 5.82 Å². The molecule has 3 aromatic rings. The standard InChI is InChI=1S/C25H30N4OS/c30-25-21-10-4-3-9-20(21)19-29(25)14-8-2-1-7-13-27-15-17-28(18-16-27)24-22-11-5-6-12-23(22)31-26-24/h3-6,9-12H,1-2,7-8,13-19H2. The second kappa shape index (κ2) is 9.37. The van der Waals surface area contributed by atoms with Crippen LogP contribution in [-0.2, 0) is 6.54 Å². The first-order valence-electron chi connectivity index (χ1n) is 11.5. The van der Waals surface area contributed by atoms with Crippen LogP contribution < -0.4 is 4.90 Å². The third-order valence-electron chi connectivity index (χ3n) is 6.58. The van der Waals surface area contributed by atoms with E-state index >= 15 is 0 Å². The van der Waals surface area contributed by atoms with Gasteiger partial charge in [0.05, 0.1) is 4.70 Å². The summed E-state index contributed by atoms with van der Waals surface area (Å²) in [6, 6.07) is 16.5. The third-order valence-corrected chi connectivity index (χ3v) is 7.40. The fourth-order valence-electron chi connectivity index (χ4n) is 4.77. The quantitative estimate of drug-likeness (QED) is 0.485. The molecule has 0 saturated carbocycles. The summed E-state index contributed by atoms with van der Waals surface area (Å²) in [5.41, 5.74) is 2.07. The minimum atomic E-state index is 0.210. The first kappa shape index (κ1) is 20.5. The number of piperazine rings is 1. The maximum absolute atomic E-state index is 12.4. The maximum Gasteiger partial charge on any atom is 0.254 e. The molecule has 162 valence electrons. The van der Waals surface area contributed by atoms with Gasteiger partial charge in [0.15, 0.2) is 0 Å². The second-order valence-electron chi connectivity index (χ2n) is 8.63. The number of amides is 1. The third kappa shape index (κ3) is 4.46. The monoisotopic (exact) mass is 434 g/mol. The van der Waals surface area contributed by atoms with Crippen molar-refractivity contribution in [2.24, 2.45) is 0 Å². The van der Waals surface area contributed by atoms with Crippen LogP contribution in [0.2, 0.25) is 0 Å². The number of nitrogens with zero attached hydrogens (tertiary/aromatic N) is 4. The first-order chi connectivity index (χ1) is 15.3. The highest BCUT2D eigenvalue weighted by Gasteiger charge is 2.26.